The van der Waals surface area contributed by atoms with Gasteiger partial charge < -0.3 is 15.1 Å². The van der Waals surface area contributed by atoms with E-state index in [0.29, 0.717) is 38.3 Å². The molecule has 10 heteroatoms. The van der Waals surface area contributed by atoms with Gasteiger partial charge in [0.25, 0.3) is 0 Å². The second-order valence-corrected chi connectivity index (χ2v) is 11.1. The Labute approximate surface area is 207 Å². The molecule has 36 heavy (non-hydrogen) atoms. The largest absolute Gasteiger partial charge is 0.508 e. The van der Waals surface area contributed by atoms with Crippen LogP contribution in [0.15, 0.2) is 30.6 Å². The zero-order valence-electron chi connectivity index (χ0n) is 20.0. The SMILES string of the molecule is O=C(Cn1cc(C(F)(F)F)cn1)N1CC[C@]23CCN(CC4CC4)C(Cc4ccc(O)cc42)[C@]3(O)CC1. The van der Waals surface area contributed by atoms with Crippen LogP contribution in [0, 0.1) is 5.92 Å². The quantitative estimate of drug-likeness (QED) is 0.669. The molecule has 2 saturated heterocycles. The number of likely N-dealkylation sites (tertiary alicyclic amines) is 2. The van der Waals surface area contributed by atoms with E-state index in [2.05, 4.69) is 10.00 Å². The number of phenolic OH excluding ortho intramolecular Hbond substituents is 1. The van der Waals surface area contributed by atoms with Crippen LogP contribution in [-0.2, 0) is 29.4 Å². The predicted molar refractivity (Wildman–Crippen MR) is 124 cm³/mol. The average Bonchev–Trinajstić information content (AvgIpc) is 3.54. The fourth-order valence-corrected chi connectivity index (χ4v) is 6.95. The first-order chi connectivity index (χ1) is 17.1. The van der Waals surface area contributed by atoms with E-state index in [0.717, 1.165) is 47.7 Å². The number of aliphatic hydroxyl groups is 1. The Hall–Kier alpha value is -2.59. The normalized spacial score (nSPS) is 30.4. The van der Waals surface area contributed by atoms with E-state index in [4.69, 9.17) is 0 Å². The summed E-state index contributed by atoms with van der Waals surface area (Å²) in [4.78, 5) is 17.2. The molecule has 6 rings (SSSR count). The van der Waals surface area contributed by atoms with E-state index in [1.54, 1.807) is 17.0 Å². The van der Waals surface area contributed by atoms with E-state index < -0.39 is 22.8 Å². The summed E-state index contributed by atoms with van der Waals surface area (Å²) < 4.78 is 39.9. The van der Waals surface area contributed by atoms with Crippen LogP contribution < -0.4 is 0 Å². The van der Waals surface area contributed by atoms with Gasteiger partial charge in [0.15, 0.2) is 0 Å². The van der Waals surface area contributed by atoms with Gasteiger partial charge in [0.2, 0.25) is 5.91 Å². The standard InChI is InChI=1S/C26H31F3N4O3/c27-26(28,29)19-13-30-33(15-19)16-23(35)31-8-5-24-6-9-32(14-17-1-2-17)22(25(24,36)7-10-31)11-18-3-4-20(34)12-21(18)24/h3-4,12-13,15,17,22,34,36H,1-2,5-11,14,16H2/t22?,24-,25+/m0/s1. The molecule has 3 fully saturated rings. The molecule has 2 N–H and O–H groups in total. The molecule has 2 aliphatic heterocycles. The highest BCUT2D eigenvalue weighted by atomic mass is 19.4. The summed E-state index contributed by atoms with van der Waals surface area (Å²) in [5.74, 6) is 0.536. The number of alkyl halides is 3. The molecule has 1 aromatic carbocycles. The number of amides is 1. The first-order valence-electron chi connectivity index (χ1n) is 12.8. The van der Waals surface area contributed by atoms with E-state index >= 15 is 0 Å². The third-order valence-electron chi connectivity index (χ3n) is 9.04. The molecular weight excluding hydrogens is 473 g/mol. The van der Waals surface area contributed by atoms with Gasteiger partial charge in [0.05, 0.1) is 17.4 Å². The molecule has 0 radical (unpaired) electrons. The third-order valence-corrected chi connectivity index (χ3v) is 9.04. The van der Waals surface area contributed by atoms with Crippen molar-refractivity contribution in [3.63, 3.8) is 0 Å². The zero-order chi connectivity index (χ0) is 25.3. The first-order valence-corrected chi connectivity index (χ1v) is 12.8. The van der Waals surface area contributed by atoms with Gasteiger partial charge in [-0.05, 0) is 74.2 Å². The fraction of sp³-hybridized carbons (Fsp3) is 0.615. The molecule has 194 valence electrons. The molecular formula is C26H31F3N4O3. The number of aromatic nitrogens is 2. The van der Waals surface area contributed by atoms with E-state index in [1.165, 1.54) is 12.8 Å². The minimum Gasteiger partial charge on any atom is -0.508 e. The van der Waals surface area contributed by atoms with Gasteiger partial charge in [-0.3, -0.25) is 14.4 Å². The number of hydrogen-bond donors (Lipinski definition) is 2. The number of halogens is 3. The van der Waals surface area contributed by atoms with Crippen molar-refractivity contribution in [1.82, 2.24) is 19.6 Å². The highest BCUT2D eigenvalue weighted by Crippen LogP contribution is 2.56. The first kappa shape index (κ1) is 23.8. The van der Waals surface area contributed by atoms with Crippen molar-refractivity contribution in [2.45, 2.75) is 68.3 Å². The van der Waals surface area contributed by atoms with Gasteiger partial charge in [0.1, 0.15) is 12.3 Å². The van der Waals surface area contributed by atoms with Gasteiger partial charge in [-0.2, -0.15) is 18.3 Å². The van der Waals surface area contributed by atoms with E-state index in [-0.39, 0.29) is 24.2 Å². The Kier molecular flexibility index (Phi) is 5.42. The van der Waals surface area contributed by atoms with Crippen molar-refractivity contribution in [2.75, 3.05) is 26.2 Å². The second-order valence-electron chi connectivity index (χ2n) is 11.1. The van der Waals surface area contributed by atoms with Gasteiger partial charge in [0, 0.05) is 37.3 Å². The molecule has 3 heterocycles. The van der Waals surface area contributed by atoms with Crippen LogP contribution in [0.3, 0.4) is 0 Å². The van der Waals surface area contributed by atoms with Crippen LogP contribution in [0.1, 0.15) is 48.8 Å². The molecule has 2 bridgehead atoms. The van der Waals surface area contributed by atoms with Crippen molar-refractivity contribution in [3.05, 3.63) is 47.3 Å². The monoisotopic (exact) mass is 504 g/mol. The number of benzene rings is 1. The summed E-state index contributed by atoms with van der Waals surface area (Å²) >= 11 is 0. The number of aromatic hydroxyl groups is 1. The smallest absolute Gasteiger partial charge is 0.419 e. The highest BCUT2D eigenvalue weighted by Gasteiger charge is 2.63. The Morgan fingerprint density at radius 1 is 1.14 bits per heavy atom. The minimum atomic E-state index is -4.51. The number of hydrogen-bond acceptors (Lipinski definition) is 5. The molecule has 1 aromatic heterocycles. The lowest BCUT2D eigenvalue weighted by Crippen LogP contribution is -2.71. The highest BCUT2D eigenvalue weighted by molar-refractivity contribution is 5.76. The summed E-state index contributed by atoms with van der Waals surface area (Å²) in [5.41, 5.74) is -0.423. The fourth-order valence-electron chi connectivity index (χ4n) is 6.95. The predicted octanol–water partition coefficient (Wildman–Crippen LogP) is 2.94. The summed E-state index contributed by atoms with van der Waals surface area (Å²) in [5, 5.41) is 26.5. The van der Waals surface area contributed by atoms with Crippen LogP contribution in [0.4, 0.5) is 13.2 Å². The molecule has 1 saturated carbocycles. The number of nitrogens with zero attached hydrogens (tertiary/aromatic N) is 4. The van der Waals surface area contributed by atoms with Crippen LogP contribution in [0.25, 0.3) is 0 Å². The van der Waals surface area contributed by atoms with Crippen LogP contribution in [-0.4, -0.2) is 73.5 Å². The number of phenols is 1. The summed E-state index contributed by atoms with van der Waals surface area (Å²) in [7, 11) is 0. The molecule has 2 aliphatic carbocycles. The molecule has 7 nitrogen and oxygen atoms in total. The van der Waals surface area contributed by atoms with Crippen molar-refractivity contribution >= 4 is 5.91 Å². The van der Waals surface area contributed by atoms with Crippen LogP contribution in [0.5, 0.6) is 5.75 Å². The van der Waals surface area contributed by atoms with Gasteiger partial charge in [-0.15, -0.1) is 0 Å². The Morgan fingerprint density at radius 3 is 2.61 bits per heavy atom. The van der Waals surface area contributed by atoms with Crippen LogP contribution >= 0.6 is 0 Å². The molecule has 1 amide bonds. The molecule has 0 spiro atoms. The maximum atomic E-state index is 13.1. The number of rotatable bonds is 4. The number of fused-ring (bicyclic) bond motifs is 1. The topological polar surface area (TPSA) is 81.8 Å². The molecule has 2 aromatic rings. The Bertz CT molecular complexity index is 1180. The zero-order valence-corrected chi connectivity index (χ0v) is 20.0. The Balaban J connectivity index is 1.29. The van der Waals surface area contributed by atoms with Gasteiger partial charge in [-0.25, -0.2) is 0 Å². The number of carbonyl (C=O) groups excluding carboxylic acids is 1. The molecule has 4 aliphatic rings. The van der Waals surface area contributed by atoms with Crippen molar-refractivity contribution in [2.24, 2.45) is 5.92 Å². The van der Waals surface area contributed by atoms with Gasteiger partial charge in [-0.1, -0.05) is 6.07 Å². The number of piperidine rings is 1. The van der Waals surface area contributed by atoms with Crippen LogP contribution in [0.2, 0.25) is 0 Å². The Morgan fingerprint density at radius 2 is 1.89 bits per heavy atom. The van der Waals surface area contributed by atoms with Crippen molar-refractivity contribution in [1.29, 1.82) is 0 Å². The lowest BCUT2D eigenvalue weighted by molar-refractivity contribution is -0.149. The maximum absolute atomic E-state index is 13.1. The second kappa shape index (κ2) is 8.21. The number of carbonyl (C=O) groups is 1. The van der Waals surface area contributed by atoms with E-state index in [1.807, 2.05) is 6.07 Å². The minimum absolute atomic E-state index is 0.0700. The summed E-state index contributed by atoms with van der Waals surface area (Å²) in [6.45, 7) is 2.27. The maximum Gasteiger partial charge on any atom is 0.419 e. The van der Waals surface area contributed by atoms with Crippen molar-refractivity contribution in [3.8, 4) is 5.75 Å². The average molecular weight is 505 g/mol. The summed E-state index contributed by atoms with van der Waals surface area (Å²) in [6.07, 6.45) is 1.87. The lowest BCUT2D eigenvalue weighted by Gasteiger charge is -2.61. The lowest BCUT2D eigenvalue weighted by atomic mass is 9.52. The molecule has 1 unspecified atom stereocenters. The third kappa shape index (κ3) is 3.80. The van der Waals surface area contributed by atoms with Gasteiger partial charge >= 0.3 is 6.18 Å². The molecule has 3 atom stereocenters. The van der Waals surface area contributed by atoms with Crippen molar-refractivity contribution < 1.29 is 28.2 Å². The van der Waals surface area contributed by atoms with E-state index in [9.17, 15) is 28.2 Å². The summed E-state index contributed by atoms with van der Waals surface area (Å²) in [6, 6.07) is 5.38.